The zero-order chi connectivity index (χ0) is 22.7. The quantitative estimate of drug-likeness (QED) is 0.641. The molecule has 1 aromatic heterocycles. The lowest BCUT2D eigenvalue weighted by atomic mass is 10.1. The SMILES string of the molecule is Cn1nc(-c2ccc(NC(=O)c3ccc(S(=O)(=O)N4CCCCC4)cc3)cc2)ccc1=O. The van der Waals surface area contributed by atoms with E-state index in [4.69, 9.17) is 0 Å². The van der Waals surface area contributed by atoms with Gasteiger partial charge in [-0.3, -0.25) is 9.59 Å². The first-order valence-electron chi connectivity index (χ1n) is 10.4. The van der Waals surface area contributed by atoms with Crippen LogP contribution in [0.4, 0.5) is 5.69 Å². The van der Waals surface area contributed by atoms with Gasteiger partial charge in [-0.15, -0.1) is 0 Å². The van der Waals surface area contributed by atoms with E-state index in [9.17, 15) is 18.0 Å². The summed E-state index contributed by atoms with van der Waals surface area (Å²) in [6.45, 7) is 1.07. The molecule has 1 aliphatic heterocycles. The third-order valence-corrected chi connectivity index (χ3v) is 7.38. The topological polar surface area (TPSA) is 101 Å². The van der Waals surface area contributed by atoms with Gasteiger partial charge in [0.25, 0.3) is 11.5 Å². The van der Waals surface area contributed by atoms with Crippen LogP contribution in [0.1, 0.15) is 29.6 Å². The molecule has 0 aliphatic carbocycles. The van der Waals surface area contributed by atoms with Crippen LogP contribution < -0.4 is 10.9 Å². The minimum absolute atomic E-state index is 0.188. The van der Waals surface area contributed by atoms with Crippen molar-refractivity contribution in [2.45, 2.75) is 24.2 Å². The van der Waals surface area contributed by atoms with Crippen molar-refractivity contribution in [2.75, 3.05) is 18.4 Å². The largest absolute Gasteiger partial charge is 0.322 e. The predicted octanol–water partition coefficient (Wildman–Crippen LogP) is 2.87. The zero-order valence-corrected chi connectivity index (χ0v) is 18.5. The van der Waals surface area contributed by atoms with Crippen molar-refractivity contribution in [3.05, 3.63) is 76.6 Å². The molecule has 2 aromatic carbocycles. The van der Waals surface area contributed by atoms with Crippen molar-refractivity contribution in [1.82, 2.24) is 14.1 Å². The molecule has 0 spiro atoms. The highest BCUT2D eigenvalue weighted by Gasteiger charge is 2.25. The smallest absolute Gasteiger partial charge is 0.266 e. The normalized spacial score (nSPS) is 14.8. The monoisotopic (exact) mass is 452 g/mol. The number of benzene rings is 2. The van der Waals surface area contributed by atoms with Crippen molar-refractivity contribution in [3.63, 3.8) is 0 Å². The van der Waals surface area contributed by atoms with Gasteiger partial charge in [0.05, 0.1) is 10.6 Å². The molecule has 0 bridgehead atoms. The second-order valence-electron chi connectivity index (χ2n) is 7.70. The highest BCUT2D eigenvalue weighted by atomic mass is 32.2. The average Bonchev–Trinajstić information content (AvgIpc) is 2.82. The number of nitrogens with zero attached hydrogens (tertiary/aromatic N) is 3. The predicted molar refractivity (Wildman–Crippen MR) is 122 cm³/mol. The first kappa shape index (κ1) is 21.9. The Morgan fingerprint density at radius 3 is 2.19 bits per heavy atom. The molecule has 3 aromatic rings. The minimum Gasteiger partial charge on any atom is -0.322 e. The fraction of sp³-hybridized carbons (Fsp3) is 0.261. The van der Waals surface area contributed by atoms with Crippen LogP contribution >= 0.6 is 0 Å². The maximum atomic E-state index is 12.7. The molecule has 0 unspecified atom stereocenters. The number of aryl methyl sites for hydroxylation is 1. The standard InChI is InChI=1S/C23H24N4O4S/c1-26-22(28)14-13-21(25-26)17-5-9-19(10-6-17)24-23(29)18-7-11-20(12-8-18)32(30,31)27-15-3-2-4-16-27/h5-14H,2-4,15-16H2,1H3,(H,24,29). The number of aromatic nitrogens is 2. The molecule has 1 aliphatic rings. The summed E-state index contributed by atoms with van der Waals surface area (Å²) in [5, 5.41) is 7.01. The van der Waals surface area contributed by atoms with E-state index in [1.807, 2.05) is 0 Å². The fourth-order valence-electron chi connectivity index (χ4n) is 3.62. The number of amides is 1. The van der Waals surface area contributed by atoms with E-state index >= 15 is 0 Å². The molecule has 1 N–H and O–H groups in total. The maximum Gasteiger partial charge on any atom is 0.266 e. The molecule has 1 amide bonds. The van der Waals surface area contributed by atoms with Gasteiger partial charge in [-0.1, -0.05) is 18.6 Å². The van der Waals surface area contributed by atoms with Gasteiger partial charge >= 0.3 is 0 Å². The van der Waals surface area contributed by atoms with E-state index < -0.39 is 10.0 Å². The Morgan fingerprint density at radius 1 is 0.906 bits per heavy atom. The molecule has 8 nitrogen and oxygen atoms in total. The van der Waals surface area contributed by atoms with E-state index in [-0.39, 0.29) is 16.4 Å². The Morgan fingerprint density at radius 2 is 1.56 bits per heavy atom. The lowest BCUT2D eigenvalue weighted by molar-refractivity contribution is 0.102. The molecule has 4 rings (SSSR count). The van der Waals surface area contributed by atoms with Crippen LogP contribution in [0.5, 0.6) is 0 Å². The van der Waals surface area contributed by atoms with Crippen LogP contribution in [-0.2, 0) is 17.1 Å². The summed E-state index contributed by atoms with van der Waals surface area (Å²) in [5.74, 6) is -0.333. The van der Waals surface area contributed by atoms with Gasteiger partial charge in [-0.05, 0) is 55.3 Å². The number of sulfonamides is 1. The summed E-state index contributed by atoms with van der Waals surface area (Å²) in [5.41, 5.74) is 2.23. The van der Waals surface area contributed by atoms with Crippen LogP contribution in [0, 0.1) is 0 Å². The molecule has 166 valence electrons. The van der Waals surface area contributed by atoms with Crippen LogP contribution in [0.2, 0.25) is 0 Å². The van der Waals surface area contributed by atoms with E-state index in [0.717, 1.165) is 24.8 Å². The van der Waals surface area contributed by atoms with Crippen LogP contribution in [0.3, 0.4) is 0 Å². The average molecular weight is 453 g/mol. The number of hydrogen-bond donors (Lipinski definition) is 1. The Kier molecular flexibility index (Phi) is 6.20. The second-order valence-corrected chi connectivity index (χ2v) is 9.64. The van der Waals surface area contributed by atoms with E-state index in [1.54, 1.807) is 37.4 Å². The molecule has 1 fully saturated rings. The first-order chi connectivity index (χ1) is 15.3. The van der Waals surface area contributed by atoms with Gasteiger partial charge in [-0.2, -0.15) is 9.40 Å². The van der Waals surface area contributed by atoms with Gasteiger partial charge in [-0.25, -0.2) is 13.1 Å². The molecule has 2 heterocycles. The number of rotatable bonds is 5. The Hall–Kier alpha value is -3.30. The molecular weight excluding hydrogens is 428 g/mol. The number of hydrogen-bond acceptors (Lipinski definition) is 5. The Labute approximate surface area is 186 Å². The summed E-state index contributed by atoms with van der Waals surface area (Å²) in [4.78, 5) is 24.3. The second kappa shape index (κ2) is 9.05. The molecule has 0 atom stereocenters. The number of carbonyl (C=O) groups is 1. The highest BCUT2D eigenvalue weighted by Crippen LogP contribution is 2.22. The molecule has 0 saturated carbocycles. The van der Waals surface area contributed by atoms with E-state index in [0.29, 0.717) is 30.0 Å². The van der Waals surface area contributed by atoms with Gasteiger partial charge in [0, 0.05) is 43.0 Å². The Bertz CT molecular complexity index is 1280. The summed E-state index contributed by atoms with van der Waals surface area (Å²) in [7, 11) is -1.94. The van der Waals surface area contributed by atoms with Crippen LogP contribution in [0.15, 0.2) is 70.4 Å². The molecule has 9 heteroatoms. The Balaban J connectivity index is 1.44. The fourth-order valence-corrected chi connectivity index (χ4v) is 5.13. The van der Waals surface area contributed by atoms with Crippen molar-refractivity contribution in [1.29, 1.82) is 0 Å². The van der Waals surface area contributed by atoms with Crippen molar-refractivity contribution >= 4 is 21.6 Å². The van der Waals surface area contributed by atoms with Gasteiger partial charge in [0.1, 0.15) is 0 Å². The molecule has 32 heavy (non-hydrogen) atoms. The number of nitrogens with one attached hydrogen (secondary N) is 1. The lowest BCUT2D eigenvalue weighted by Crippen LogP contribution is -2.35. The summed E-state index contributed by atoms with van der Waals surface area (Å²) in [6.07, 6.45) is 2.79. The van der Waals surface area contributed by atoms with Gasteiger partial charge < -0.3 is 5.32 Å². The van der Waals surface area contributed by atoms with Gasteiger partial charge in [0.15, 0.2) is 0 Å². The zero-order valence-electron chi connectivity index (χ0n) is 17.7. The summed E-state index contributed by atoms with van der Waals surface area (Å²) in [6, 6.07) is 16.2. The number of carbonyl (C=O) groups excluding carboxylic acids is 1. The lowest BCUT2D eigenvalue weighted by Gasteiger charge is -2.25. The molecule has 0 radical (unpaired) electrons. The van der Waals surface area contributed by atoms with Crippen molar-refractivity contribution in [2.24, 2.45) is 7.05 Å². The third-order valence-electron chi connectivity index (χ3n) is 5.47. The van der Waals surface area contributed by atoms with Gasteiger partial charge in [0.2, 0.25) is 10.0 Å². The summed E-state index contributed by atoms with van der Waals surface area (Å²) < 4.78 is 28.3. The highest BCUT2D eigenvalue weighted by molar-refractivity contribution is 7.89. The first-order valence-corrected chi connectivity index (χ1v) is 11.8. The van der Waals surface area contributed by atoms with Crippen LogP contribution in [-0.4, -0.2) is 41.5 Å². The number of piperidine rings is 1. The van der Waals surface area contributed by atoms with E-state index in [1.165, 1.54) is 39.3 Å². The molecular formula is C23H24N4O4S. The van der Waals surface area contributed by atoms with Crippen molar-refractivity contribution < 1.29 is 13.2 Å². The van der Waals surface area contributed by atoms with E-state index in [2.05, 4.69) is 10.4 Å². The molecule has 1 saturated heterocycles. The van der Waals surface area contributed by atoms with Crippen LogP contribution in [0.25, 0.3) is 11.3 Å². The minimum atomic E-state index is -3.53. The summed E-state index contributed by atoms with van der Waals surface area (Å²) >= 11 is 0. The van der Waals surface area contributed by atoms with Crippen molar-refractivity contribution in [3.8, 4) is 11.3 Å². The maximum absolute atomic E-state index is 12.7. The number of anilines is 1. The third kappa shape index (κ3) is 4.63.